The van der Waals surface area contributed by atoms with Gasteiger partial charge in [-0.15, -0.1) is 0 Å². The normalized spacial score (nSPS) is 14.3. The Bertz CT molecular complexity index is 1140. The molecular formula is C28H32N4O3. The largest absolute Gasteiger partial charge is 0.495 e. The van der Waals surface area contributed by atoms with Crippen molar-refractivity contribution in [3.63, 3.8) is 0 Å². The summed E-state index contributed by atoms with van der Waals surface area (Å²) in [7, 11) is 1.56. The van der Waals surface area contributed by atoms with Gasteiger partial charge in [-0.1, -0.05) is 49.4 Å². The Morgan fingerprint density at radius 2 is 1.49 bits per heavy atom. The van der Waals surface area contributed by atoms with Crippen LogP contribution in [0.1, 0.15) is 17.3 Å². The van der Waals surface area contributed by atoms with E-state index < -0.39 is 0 Å². The Labute approximate surface area is 206 Å². The number of carbonyl (C=O) groups excluding carboxylic acids is 2. The zero-order chi connectivity index (χ0) is 24.6. The molecular weight excluding hydrogens is 440 g/mol. The molecule has 1 aliphatic heterocycles. The Morgan fingerprint density at radius 3 is 2.14 bits per heavy atom. The van der Waals surface area contributed by atoms with Crippen LogP contribution < -0.4 is 15.4 Å². The Hall–Kier alpha value is -3.68. The third-order valence-electron chi connectivity index (χ3n) is 6.26. The number of amides is 2. The number of methoxy groups -OCH3 is 1. The van der Waals surface area contributed by atoms with Gasteiger partial charge < -0.3 is 20.3 Å². The van der Waals surface area contributed by atoms with Crippen molar-refractivity contribution >= 4 is 23.2 Å². The van der Waals surface area contributed by atoms with Crippen molar-refractivity contribution in [2.45, 2.75) is 6.92 Å². The number of hydrogen-bond donors (Lipinski definition) is 2. The van der Waals surface area contributed by atoms with Gasteiger partial charge in [0, 0.05) is 37.4 Å². The number of anilines is 2. The molecule has 35 heavy (non-hydrogen) atoms. The summed E-state index contributed by atoms with van der Waals surface area (Å²) >= 11 is 0. The number of rotatable bonds is 8. The predicted molar refractivity (Wildman–Crippen MR) is 140 cm³/mol. The maximum atomic E-state index is 12.8. The van der Waals surface area contributed by atoms with Crippen molar-refractivity contribution in [1.29, 1.82) is 0 Å². The van der Waals surface area contributed by atoms with Crippen LogP contribution in [0.3, 0.4) is 0 Å². The van der Waals surface area contributed by atoms with Crippen LogP contribution in [0.15, 0.2) is 72.8 Å². The minimum atomic E-state index is -0.221. The summed E-state index contributed by atoms with van der Waals surface area (Å²) in [6.07, 6.45) is 0. The van der Waals surface area contributed by atoms with E-state index >= 15 is 0 Å². The highest BCUT2D eigenvalue weighted by Gasteiger charge is 2.19. The summed E-state index contributed by atoms with van der Waals surface area (Å²) in [6, 6.07) is 22.7. The fraction of sp³-hybridized carbons (Fsp3) is 0.286. The van der Waals surface area contributed by atoms with Gasteiger partial charge in [0.05, 0.1) is 19.3 Å². The average Bonchev–Trinajstić information content (AvgIpc) is 2.90. The molecule has 0 saturated carbocycles. The fourth-order valence-electron chi connectivity index (χ4n) is 4.19. The van der Waals surface area contributed by atoms with E-state index in [0.29, 0.717) is 29.2 Å². The topological polar surface area (TPSA) is 73.9 Å². The van der Waals surface area contributed by atoms with Crippen LogP contribution in [-0.2, 0) is 4.79 Å². The first-order chi connectivity index (χ1) is 17.1. The van der Waals surface area contributed by atoms with Crippen molar-refractivity contribution in [3.05, 3.63) is 78.4 Å². The Balaban J connectivity index is 1.39. The number of likely N-dealkylation sites (N-methyl/N-ethyl adjacent to an activating group) is 1. The van der Waals surface area contributed by atoms with Crippen LogP contribution in [-0.4, -0.2) is 68.0 Å². The lowest BCUT2D eigenvalue weighted by Gasteiger charge is -2.33. The molecule has 0 spiro atoms. The van der Waals surface area contributed by atoms with Crippen molar-refractivity contribution in [1.82, 2.24) is 9.80 Å². The second-order valence-electron chi connectivity index (χ2n) is 8.57. The molecule has 7 heteroatoms. The van der Waals surface area contributed by atoms with Crippen LogP contribution in [0.5, 0.6) is 5.75 Å². The highest BCUT2D eigenvalue weighted by molar-refractivity contribution is 6.05. The SMILES string of the molecule is CCN1CCN(CC(=O)Nc2cc(NC(=O)c3ccc(-c4ccccc4)cc3)ccc2OC)CC1. The minimum absolute atomic E-state index is 0.103. The van der Waals surface area contributed by atoms with Gasteiger partial charge in [0.15, 0.2) is 0 Å². The molecule has 0 aliphatic carbocycles. The van der Waals surface area contributed by atoms with E-state index in [0.717, 1.165) is 43.9 Å². The Morgan fingerprint density at radius 1 is 0.829 bits per heavy atom. The first-order valence-electron chi connectivity index (χ1n) is 11.9. The maximum absolute atomic E-state index is 12.8. The molecule has 3 aromatic rings. The van der Waals surface area contributed by atoms with E-state index in [9.17, 15) is 9.59 Å². The minimum Gasteiger partial charge on any atom is -0.495 e. The Kier molecular flexibility index (Phi) is 8.13. The number of benzene rings is 3. The standard InChI is InChI=1S/C28H32N4O3/c1-3-31-15-17-32(18-16-31)20-27(33)30-25-19-24(13-14-26(25)35-2)29-28(34)23-11-9-22(10-12-23)21-7-5-4-6-8-21/h4-14,19H,3,15-18,20H2,1-2H3,(H,29,34)(H,30,33). The van der Waals surface area contributed by atoms with Crippen LogP contribution in [0.25, 0.3) is 11.1 Å². The molecule has 1 aliphatic rings. The summed E-state index contributed by atoms with van der Waals surface area (Å²) in [6.45, 7) is 7.20. The molecule has 1 saturated heterocycles. The van der Waals surface area contributed by atoms with Crippen LogP contribution in [0.4, 0.5) is 11.4 Å². The monoisotopic (exact) mass is 472 g/mol. The van der Waals surface area contributed by atoms with Gasteiger partial charge in [-0.25, -0.2) is 0 Å². The molecule has 182 valence electrons. The van der Waals surface area contributed by atoms with E-state index in [4.69, 9.17) is 4.74 Å². The quantitative estimate of drug-likeness (QED) is 0.514. The highest BCUT2D eigenvalue weighted by Crippen LogP contribution is 2.28. The van der Waals surface area contributed by atoms with Gasteiger partial charge >= 0.3 is 0 Å². The average molecular weight is 473 g/mol. The second kappa shape index (κ2) is 11.6. The zero-order valence-electron chi connectivity index (χ0n) is 20.3. The fourth-order valence-corrected chi connectivity index (χ4v) is 4.19. The van der Waals surface area contributed by atoms with Gasteiger partial charge in [-0.2, -0.15) is 0 Å². The van der Waals surface area contributed by atoms with E-state index in [2.05, 4.69) is 27.4 Å². The second-order valence-corrected chi connectivity index (χ2v) is 8.57. The maximum Gasteiger partial charge on any atom is 0.255 e. The molecule has 1 fully saturated rings. The van der Waals surface area contributed by atoms with Gasteiger partial charge in [-0.05, 0) is 48.0 Å². The smallest absolute Gasteiger partial charge is 0.255 e. The zero-order valence-corrected chi connectivity index (χ0v) is 20.3. The van der Waals surface area contributed by atoms with Gasteiger partial charge in [-0.3, -0.25) is 14.5 Å². The first-order valence-corrected chi connectivity index (χ1v) is 11.9. The first kappa shape index (κ1) is 24.4. The van der Waals surface area contributed by atoms with E-state index in [-0.39, 0.29) is 11.8 Å². The van der Waals surface area contributed by atoms with Gasteiger partial charge in [0.2, 0.25) is 5.91 Å². The predicted octanol–water partition coefficient (Wildman–Crippen LogP) is 4.19. The lowest BCUT2D eigenvalue weighted by Crippen LogP contribution is -2.48. The highest BCUT2D eigenvalue weighted by atomic mass is 16.5. The molecule has 0 bridgehead atoms. The molecule has 3 aromatic carbocycles. The van der Waals surface area contributed by atoms with E-state index in [1.54, 1.807) is 25.3 Å². The third-order valence-corrected chi connectivity index (χ3v) is 6.26. The molecule has 2 amide bonds. The molecule has 0 atom stereocenters. The lowest BCUT2D eigenvalue weighted by molar-refractivity contribution is -0.117. The van der Waals surface area contributed by atoms with E-state index in [1.807, 2.05) is 54.6 Å². The van der Waals surface area contributed by atoms with Gasteiger partial charge in [0.1, 0.15) is 5.75 Å². The van der Waals surface area contributed by atoms with Crippen molar-refractivity contribution in [2.24, 2.45) is 0 Å². The molecule has 4 rings (SSSR count). The number of nitrogens with zero attached hydrogens (tertiary/aromatic N) is 2. The summed E-state index contributed by atoms with van der Waals surface area (Å²) < 4.78 is 5.42. The molecule has 0 radical (unpaired) electrons. The summed E-state index contributed by atoms with van der Waals surface area (Å²) in [4.78, 5) is 30.0. The number of hydrogen-bond acceptors (Lipinski definition) is 5. The third kappa shape index (κ3) is 6.47. The van der Waals surface area contributed by atoms with Crippen LogP contribution in [0.2, 0.25) is 0 Å². The van der Waals surface area contributed by atoms with Crippen molar-refractivity contribution in [2.75, 3.05) is 57.0 Å². The number of nitrogens with one attached hydrogen (secondary N) is 2. The van der Waals surface area contributed by atoms with Crippen molar-refractivity contribution < 1.29 is 14.3 Å². The molecule has 0 unspecified atom stereocenters. The van der Waals surface area contributed by atoms with Crippen LogP contribution in [0, 0.1) is 0 Å². The van der Waals surface area contributed by atoms with Crippen molar-refractivity contribution in [3.8, 4) is 16.9 Å². The lowest BCUT2D eigenvalue weighted by atomic mass is 10.0. The summed E-state index contributed by atoms with van der Waals surface area (Å²) in [5, 5.41) is 5.86. The van der Waals surface area contributed by atoms with E-state index in [1.165, 1.54) is 0 Å². The summed E-state index contributed by atoms with van der Waals surface area (Å²) in [5.41, 5.74) is 3.81. The molecule has 1 heterocycles. The number of carbonyl (C=O) groups is 2. The molecule has 2 N–H and O–H groups in total. The molecule has 7 nitrogen and oxygen atoms in total. The summed E-state index contributed by atoms with van der Waals surface area (Å²) in [5.74, 6) is 0.216. The number of piperazine rings is 1. The number of ether oxygens (including phenoxy) is 1. The van der Waals surface area contributed by atoms with Crippen LogP contribution >= 0.6 is 0 Å². The molecule has 0 aromatic heterocycles. The van der Waals surface area contributed by atoms with Gasteiger partial charge in [0.25, 0.3) is 5.91 Å².